The van der Waals surface area contributed by atoms with Crippen LogP contribution < -0.4 is 0 Å². The molecule has 0 spiro atoms. The minimum absolute atomic E-state index is 0.216. The molecule has 1 aromatic carbocycles. The molecule has 0 bridgehead atoms. The first-order chi connectivity index (χ1) is 10.1. The summed E-state index contributed by atoms with van der Waals surface area (Å²) in [5, 5.41) is 1.26. The van der Waals surface area contributed by atoms with Crippen molar-refractivity contribution in [3.05, 3.63) is 51.7 Å². The van der Waals surface area contributed by atoms with Crippen LogP contribution in [-0.4, -0.2) is 22.0 Å². The maximum absolute atomic E-state index is 11.9. The van der Waals surface area contributed by atoms with Crippen molar-refractivity contribution in [1.82, 2.24) is 9.97 Å². The molecule has 4 nitrogen and oxygen atoms in total. The Bertz CT molecular complexity index is 859. The van der Waals surface area contributed by atoms with Crippen molar-refractivity contribution < 1.29 is 9.59 Å². The van der Waals surface area contributed by atoms with Crippen LogP contribution in [0.2, 0.25) is 5.02 Å². The third kappa shape index (κ3) is 2.39. The highest BCUT2D eigenvalue weighted by Crippen LogP contribution is 2.36. The average Bonchev–Trinajstić information content (AvgIpc) is 2.86. The van der Waals surface area contributed by atoms with Gasteiger partial charge in [0.2, 0.25) is 5.78 Å². The van der Waals surface area contributed by atoms with Crippen molar-refractivity contribution in [1.29, 1.82) is 0 Å². The van der Waals surface area contributed by atoms with Crippen LogP contribution in [0, 0.1) is 0 Å². The Labute approximate surface area is 133 Å². The summed E-state index contributed by atoms with van der Waals surface area (Å²) in [5.41, 5.74) is 2.11. The first kappa shape index (κ1) is 14.0. The molecule has 1 N–H and O–H groups in total. The van der Waals surface area contributed by atoms with Gasteiger partial charge in [-0.1, -0.05) is 17.7 Å². The lowest BCUT2D eigenvalue weighted by atomic mass is 10.0. The minimum atomic E-state index is -0.626. The van der Waals surface area contributed by atoms with Crippen molar-refractivity contribution in [3.63, 3.8) is 0 Å². The summed E-state index contributed by atoms with van der Waals surface area (Å²) >= 11 is 9.47. The lowest BCUT2D eigenvalue weighted by molar-refractivity contribution is -0.104. The Morgan fingerprint density at radius 3 is 2.81 bits per heavy atom. The number of benzene rings is 1. The molecule has 0 aliphatic heterocycles. The molecule has 0 saturated heterocycles. The van der Waals surface area contributed by atoms with E-state index in [0.29, 0.717) is 26.3 Å². The molecule has 0 saturated carbocycles. The molecule has 0 fully saturated rings. The standard InChI is InChI=1S/C15H8BrClN2O2/c16-9-6-12-8(5-10(9)17)14(11-3-1-2-4-18-11)15(19-12)13(21)7-20/h1-7,19H. The quantitative estimate of drug-likeness (QED) is 0.434. The number of hydrogen-bond acceptors (Lipinski definition) is 3. The number of fused-ring (bicyclic) bond motifs is 1. The molecule has 0 aliphatic rings. The first-order valence-corrected chi connectivity index (χ1v) is 7.20. The fraction of sp³-hybridized carbons (Fsp3) is 0. The number of nitrogens with one attached hydrogen (secondary N) is 1. The second kappa shape index (κ2) is 5.42. The number of pyridine rings is 1. The normalized spacial score (nSPS) is 10.8. The SMILES string of the molecule is O=CC(=O)c1[nH]c2cc(Br)c(Cl)cc2c1-c1ccccn1. The van der Waals surface area contributed by atoms with Crippen LogP contribution >= 0.6 is 27.5 Å². The molecule has 3 aromatic rings. The Hall–Kier alpha value is -1.98. The van der Waals surface area contributed by atoms with Gasteiger partial charge in [-0.3, -0.25) is 14.6 Å². The van der Waals surface area contributed by atoms with Gasteiger partial charge >= 0.3 is 0 Å². The van der Waals surface area contributed by atoms with Gasteiger partial charge in [-0.25, -0.2) is 0 Å². The molecule has 6 heteroatoms. The highest BCUT2D eigenvalue weighted by molar-refractivity contribution is 9.10. The smallest absolute Gasteiger partial charge is 0.242 e. The monoisotopic (exact) mass is 362 g/mol. The van der Waals surface area contributed by atoms with Crippen LogP contribution in [-0.2, 0) is 4.79 Å². The molecule has 104 valence electrons. The number of hydrogen-bond donors (Lipinski definition) is 1. The number of H-pyrrole nitrogens is 1. The molecule has 0 aliphatic carbocycles. The second-order valence-corrected chi connectivity index (χ2v) is 5.65. The van der Waals surface area contributed by atoms with Crippen molar-refractivity contribution in [2.75, 3.05) is 0 Å². The number of nitrogens with zero attached hydrogens (tertiary/aromatic N) is 1. The molecule has 2 heterocycles. The molecule has 21 heavy (non-hydrogen) atoms. The van der Waals surface area contributed by atoms with Gasteiger partial charge in [0.15, 0.2) is 6.29 Å². The Balaban J connectivity index is 2.40. The Morgan fingerprint density at radius 2 is 2.14 bits per heavy atom. The van der Waals surface area contributed by atoms with Gasteiger partial charge in [-0.2, -0.15) is 0 Å². The number of rotatable bonds is 3. The van der Waals surface area contributed by atoms with Gasteiger partial charge in [0.25, 0.3) is 0 Å². The predicted octanol–water partition coefficient (Wildman–Crippen LogP) is 4.03. The number of halogens is 2. The maximum Gasteiger partial charge on any atom is 0.242 e. The van der Waals surface area contributed by atoms with E-state index in [9.17, 15) is 9.59 Å². The Morgan fingerprint density at radius 1 is 1.33 bits per heavy atom. The second-order valence-electron chi connectivity index (χ2n) is 4.38. The first-order valence-electron chi connectivity index (χ1n) is 6.03. The van der Waals surface area contributed by atoms with Crippen molar-refractivity contribution in [3.8, 4) is 11.3 Å². The van der Waals surface area contributed by atoms with E-state index in [4.69, 9.17) is 11.6 Å². The van der Waals surface area contributed by atoms with E-state index in [-0.39, 0.29) is 12.0 Å². The zero-order chi connectivity index (χ0) is 15.0. The number of carbonyl (C=O) groups is 2. The number of aromatic nitrogens is 2. The maximum atomic E-state index is 11.9. The van der Waals surface area contributed by atoms with Crippen LogP contribution in [0.15, 0.2) is 41.0 Å². The summed E-state index contributed by atoms with van der Waals surface area (Å²) in [4.78, 5) is 30.0. The molecule has 0 unspecified atom stereocenters. The zero-order valence-electron chi connectivity index (χ0n) is 10.6. The Kier molecular flexibility index (Phi) is 3.61. The van der Waals surface area contributed by atoms with Crippen LogP contribution in [0.1, 0.15) is 10.5 Å². The predicted molar refractivity (Wildman–Crippen MR) is 84.6 cm³/mol. The van der Waals surface area contributed by atoms with Gasteiger partial charge in [0.05, 0.1) is 10.7 Å². The summed E-state index contributed by atoms with van der Waals surface area (Å²) in [6.45, 7) is 0. The number of Topliss-reactive ketones (excluding diaryl/α,β-unsaturated/α-hetero) is 1. The van der Waals surface area contributed by atoms with Crippen LogP contribution in [0.25, 0.3) is 22.2 Å². The summed E-state index contributed by atoms with van der Waals surface area (Å²) in [7, 11) is 0. The van der Waals surface area contributed by atoms with Gasteiger partial charge in [0, 0.05) is 27.1 Å². The van der Waals surface area contributed by atoms with Crippen molar-refractivity contribution in [2.24, 2.45) is 0 Å². The zero-order valence-corrected chi connectivity index (χ0v) is 12.9. The topological polar surface area (TPSA) is 62.8 Å². The molecule has 2 aromatic heterocycles. The lowest BCUT2D eigenvalue weighted by Gasteiger charge is -2.02. The molecule has 3 rings (SSSR count). The van der Waals surface area contributed by atoms with Crippen LogP contribution in [0.4, 0.5) is 0 Å². The van der Waals surface area contributed by atoms with Crippen LogP contribution in [0.3, 0.4) is 0 Å². The number of carbonyl (C=O) groups excluding carboxylic acids is 2. The minimum Gasteiger partial charge on any atom is -0.351 e. The van der Waals surface area contributed by atoms with E-state index in [0.717, 1.165) is 5.39 Å². The number of ketones is 1. The largest absolute Gasteiger partial charge is 0.351 e. The van der Waals surface area contributed by atoms with Crippen LogP contribution in [0.5, 0.6) is 0 Å². The molecular formula is C15H8BrClN2O2. The van der Waals surface area contributed by atoms with E-state index in [1.165, 1.54) is 0 Å². The van der Waals surface area contributed by atoms with Gasteiger partial charge < -0.3 is 4.98 Å². The fourth-order valence-corrected chi connectivity index (χ4v) is 2.72. The number of aromatic amines is 1. The summed E-state index contributed by atoms with van der Waals surface area (Å²) in [5.74, 6) is -0.626. The summed E-state index contributed by atoms with van der Waals surface area (Å²) in [6, 6.07) is 8.88. The van der Waals surface area contributed by atoms with E-state index >= 15 is 0 Å². The van der Waals surface area contributed by atoms with E-state index in [1.54, 1.807) is 30.5 Å². The van der Waals surface area contributed by atoms with E-state index in [2.05, 4.69) is 25.9 Å². The van der Waals surface area contributed by atoms with E-state index in [1.807, 2.05) is 6.07 Å². The third-order valence-electron chi connectivity index (χ3n) is 3.11. The van der Waals surface area contributed by atoms with Gasteiger partial charge in [0.1, 0.15) is 5.69 Å². The molecule has 0 atom stereocenters. The van der Waals surface area contributed by atoms with Crippen molar-refractivity contribution >= 4 is 50.5 Å². The third-order valence-corrected chi connectivity index (χ3v) is 4.31. The van der Waals surface area contributed by atoms with Gasteiger partial charge in [-0.15, -0.1) is 0 Å². The highest BCUT2D eigenvalue weighted by Gasteiger charge is 2.20. The van der Waals surface area contributed by atoms with E-state index < -0.39 is 5.78 Å². The number of aldehydes is 1. The average molecular weight is 364 g/mol. The summed E-state index contributed by atoms with van der Waals surface area (Å²) < 4.78 is 0.704. The molecule has 0 amide bonds. The van der Waals surface area contributed by atoms with Gasteiger partial charge in [-0.05, 0) is 40.2 Å². The molecular weight excluding hydrogens is 356 g/mol. The lowest BCUT2D eigenvalue weighted by Crippen LogP contribution is -2.02. The molecule has 0 radical (unpaired) electrons. The fourth-order valence-electron chi connectivity index (χ4n) is 2.21. The highest BCUT2D eigenvalue weighted by atomic mass is 79.9. The van der Waals surface area contributed by atoms with Crippen molar-refractivity contribution in [2.45, 2.75) is 0 Å². The summed E-state index contributed by atoms with van der Waals surface area (Å²) in [6.07, 6.45) is 1.91.